The van der Waals surface area contributed by atoms with Gasteiger partial charge in [-0.15, -0.1) is 0 Å². The second-order valence-corrected chi connectivity index (χ2v) is 4.96. The molecule has 3 rings (SSSR count). The van der Waals surface area contributed by atoms with Crippen LogP contribution in [0.1, 0.15) is 6.92 Å². The van der Waals surface area contributed by atoms with E-state index in [2.05, 4.69) is 5.10 Å². The highest BCUT2D eigenvalue weighted by atomic mass is 16.5. The van der Waals surface area contributed by atoms with Crippen LogP contribution in [0.5, 0.6) is 17.2 Å². The summed E-state index contributed by atoms with van der Waals surface area (Å²) in [5.41, 5.74) is 2.04. The smallest absolute Gasteiger partial charge is 0.139 e. The zero-order valence-corrected chi connectivity index (χ0v) is 12.8. The predicted octanol–water partition coefficient (Wildman–Crippen LogP) is 4.04. The molecule has 1 N–H and O–H groups in total. The first-order valence-corrected chi connectivity index (χ1v) is 7.43. The van der Waals surface area contributed by atoms with Crippen molar-refractivity contribution in [2.24, 2.45) is 0 Å². The Hall–Kier alpha value is -2.79. The van der Waals surface area contributed by atoms with Crippen molar-refractivity contribution >= 4 is 0 Å². The van der Waals surface area contributed by atoms with E-state index in [9.17, 15) is 5.11 Å². The first-order valence-electron chi connectivity index (χ1n) is 7.43. The van der Waals surface area contributed by atoms with E-state index in [4.69, 9.17) is 9.47 Å². The summed E-state index contributed by atoms with van der Waals surface area (Å²) >= 11 is 0. The normalized spacial score (nSPS) is 10.7. The van der Waals surface area contributed by atoms with Crippen LogP contribution >= 0.6 is 0 Å². The van der Waals surface area contributed by atoms with E-state index in [1.54, 1.807) is 30.5 Å². The highest BCUT2D eigenvalue weighted by Gasteiger charge is 2.06. The summed E-state index contributed by atoms with van der Waals surface area (Å²) < 4.78 is 13.0. The monoisotopic (exact) mass is 310 g/mol. The lowest BCUT2D eigenvalue weighted by Crippen LogP contribution is -2.05. The highest BCUT2D eigenvalue weighted by molar-refractivity contribution is 5.60. The summed E-state index contributed by atoms with van der Waals surface area (Å²) in [5, 5.41) is 13.5. The summed E-state index contributed by atoms with van der Waals surface area (Å²) in [4.78, 5) is 0. The van der Waals surface area contributed by atoms with Crippen molar-refractivity contribution in [3.05, 3.63) is 60.8 Å². The van der Waals surface area contributed by atoms with Gasteiger partial charge in [0.05, 0.1) is 5.69 Å². The van der Waals surface area contributed by atoms with Gasteiger partial charge < -0.3 is 14.6 Å². The number of nitrogens with zero attached hydrogens (tertiary/aromatic N) is 2. The molecule has 118 valence electrons. The fourth-order valence-electron chi connectivity index (χ4n) is 2.20. The minimum absolute atomic E-state index is 0.218. The molecule has 0 bridgehead atoms. The lowest BCUT2D eigenvalue weighted by atomic mass is 10.1. The van der Waals surface area contributed by atoms with E-state index in [1.807, 2.05) is 41.9 Å². The maximum atomic E-state index is 9.28. The molecule has 0 aliphatic heterocycles. The van der Waals surface area contributed by atoms with Crippen LogP contribution in [-0.4, -0.2) is 21.5 Å². The number of hydrogen-bond acceptors (Lipinski definition) is 4. The van der Waals surface area contributed by atoms with Crippen molar-refractivity contribution in [1.29, 1.82) is 0 Å². The summed E-state index contributed by atoms with van der Waals surface area (Å²) in [6.07, 6.45) is 1.76. The summed E-state index contributed by atoms with van der Waals surface area (Å²) in [5.74, 6) is 1.63. The lowest BCUT2D eigenvalue weighted by molar-refractivity contribution is 0.0804. The van der Waals surface area contributed by atoms with E-state index in [1.165, 1.54) is 0 Å². The molecule has 0 saturated carbocycles. The van der Waals surface area contributed by atoms with E-state index in [0.717, 1.165) is 17.0 Å². The van der Waals surface area contributed by atoms with Gasteiger partial charge in [0.2, 0.25) is 0 Å². The molecule has 0 radical (unpaired) electrons. The van der Waals surface area contributed by atoms with Crippen molar-refractivity contribution in [1.82, 2.24) is 9.78 Å². The van der Waals surface area contributed by atoms with Crippen molar-refractivity contribution in [2.45, 2.75) is 13.7 Å². The number of benzene rings is 2. The number of ether oxygens (including phenoxy) is 2. The molecule has 5 nitrogen and oxygen atoms in total. The Morgan fingerprint density at radius 3 is 2.26 bits per heavy atom. The average Bonchev–Trinajstić information content (AvgIpc) is 3.04. The number of aromatic nitrogens is 2. The van der Waals surface area contributed by atoms with E-state index < -0.39 is 0 Å². The number of hydrogen-bond donors (Lipinski definition) is 1. The fourth-order valence-corrected chi connectivity index (χ4v) is 2.20. The van der Waals surface area contributed by atoms with Crippen LogP contribution in [0.3, 0.4) is 0 Å². The molecule has 0 amide bonds. The van der Waals surface area contributed by atoms with Gasteiger partial charge >= 0.3 is 0 Å². The van der Waals surface area contributed by atoms with Gasteiger partial charge in [0.15, 0.2) is 0 Å². The Kier molecular flexibility index (Phi) is 4.59. The Morgan fingerprint density at radius 1 is 0.957 bits per heavy atom. The van der Waals surface area contributed by atoms with Gasteiger partial charge in [-0.3, -0.25) is 0 Å². The largest absolute Gasteiger partial charge is 0.508 e. The van der Waals surface area contributed by atoms with Gasteiger partial charge in [-0.1, -0.05) is 0 Å². The summed E-state index contributed by atoms with van der Waals surface area (Å²) in [6, 6.07) is 16.4. The summed E-state index contributed by atoms with van der Waals surface area (Å²) in [7, 11) is 0. The molecule has 3 aromatic rings. The zero-order valence-electron chi connectivity index (χ0n) is 12.8. The molecule has 0 unspecified atom stereocenters. The lowest BCUT2D eigenvalue weighted by Gasteiger charge is -2.09. The van der Waals surface area contributed by atoms with Crippen LogP contribution in [0.25, 0.3) is 11.3 Å². The molecule has 0 aliphatic rings. The van der Waals surface area contributed by atoms with E-state index >= 15 is 0 Å². The quantitative estimate of drug-likeness (QED) is 0.746. The maximum Gasteiger partial charge on any atom is 0.139 e. The molecule has 5 heteroatoms. The minimum Gasteiger partial charge on any atom is -0.508 e. The Bertz CT molecular complexity index is 749. The van der Waals surface area contributed by atoms with Gasteiger partial charge in [0.25, 0.3) is 0 Å². The van der Waals surface area contributed by atoms with Crippen LogP contribution in [0.2, 0.25) is 0 Å². The van der Waals surface area contributed by atoms with E-state index in [-0.39, 0.29) is 5.75 Å². The fraction of sp³-hybridized carbons (Fsp3) is 0.167. The van der Waals surface area contributed by atoms with Crippen molar-refractivity contribution in [3.63, 3.8) is 0 Å². The molecule has 1 aromatic heterocycles. The molecule has 2 aromatic carbocycles. The standard InChI is InChI=1S/C18H18N2O3/c1-2-22-13-20-18(11-12-19-20)14-3-7-16(8-4-14)23-17-9-5-15(21)6-10-17/h3-12,21H,2,13H2,1H3. The van der Waals surface area contributed by atoms with E-state index in [0.29, 0.717) is 19.1 Å². The molecule has 0 atom stereocenters. The van der Waals surface area contributed by atoms with Crippen LogP contribution in [-0.2, 0) is 11.5 Å². The molecular weight excluding hydrogens is 292 g/mol. The number of aromatic hydroxyl groups is 1. The third kappa shape index (κ3) is 3.70. The molecule has 23 heavy (non-hydrogen) atoms. The number of rotatable bonds is 6. The third-order valence-corrected chi connectivity index (χ3v) is 3.36. The molecule has 0 aliphatic carbocycles. The molecule has 0 fully saturated rings. The second-order valence-electron chi connectivity index (χ2n) is 4.96. The molecule has 0 spiro atoms. The number of phenols is 1. The molecule has 0 saturated heterocycles. The Labute approximate surface area is 134 Å². The van der Waals surface area contributed by atoms with Crippen LogP contribution in [0, 0.1) is 0 Å². The summed E-state index contributed by atoms with van der Waals surface area (Å²) in [6.45, 7) is 3.04. The minimum atomic E-state index is 0.218. The van der Waals surface area contributed by atoms with Crippen molar-refractivity contribution in [2.75, 3.05) is 6.61 Å². The van der Waals surface area contributed by atoms with Gasteiger partial charge in [-0.2, -0.15) is 5.10 Å². The Morgan fingerprint density at radius 2 is 1.61 bits per heavy atom. The van der Waals surface area contributed by atoms with Crippen molar-refractivity contribution in [3.8, 4) is 28.5 Å². The van der Waals surface area contributed by atoms with Crippen molar-refractivity contribution < 1.29 is 14.6 Å². The predicted molar refractivity (Wildman–Crippen MR) is 87.5 cm³/mol. The SMILES string of the molecule is CCOCn1nccc1-c1ccc(Oc2ccc(O)cc2)cc1. The Balaban J connectivity index is 1.74. The number of phenolic OH excluding ortho intramolecular Hbond substituents is 1. The first-order chi connectivity index (χ1) is 11.3. The van der Waals surface area contributed by atoms with Gasteiger partial charge in [-0.25, -0.2) is 4.68 Å². The highest BCUT2D eigenvalue weighted by Crippen LogP contribution is 2.26. The first kappa shape index (κ1) is 15.1. The maximum absolute atomic E-state index is 9.28. The van der Waals surface area contributed by atoms with Crippen LogP contribution in [0.15, 0.2) is 60.8 Å². The topological polar surface area (TPSA) is 56.5 Å². The van der Waals surface area contributed by atoms with Gasteiger partial charge in [0, 0.05) is 18.4 Å². The molecular formula is C18H18N2O3. The van der Waals surface area contributed by atoms with Crippen LogP contribution < -0.4 is 4.74 Å². The van der Waals surface area contributed by atoms with Gasteiger partial charge in [0.1, 0.15) is 24.0 Å². The second kappa shape index (κ2) is 6.98. The third-order valence-electron chi connectivity index (χ3n) is 3.36. The average molecular weight is 310 g/mol. The molecule has 1 heterocycles. The van der Waals surface area contributed by atoms with Crippen LogP contribution in [0.4, 0.5) is 0 Å². The van der Waals surface area contributed by atoms with Gasteiger partial charge in [-0.05, 0) is 61.5 Å². The zero-order chi connectivity index (χ0) is 16.1.